The highest BCUT2D eigenvalue weighted by Crippen LogP contribution is 2.23. The molecule has 0 spiro atoms. The number of rotatable bonds is 0. The van der Waals surface area contributed by atoms with Crippen LogP contribution in [0.5, 0.6) is 0 Å². The van der Waals surface area contributed by atoms with Crippen LogP contribution < -0.4 is 0 Å². The third kappa shape index (κ3) is 1.44. The molecule has 0 aliphatic carbocycles. The summed E-state index contributed by atoms with van der Waals surface area (Å²) in [5, 5.41) is 0.825. The first-order valence-electron chi connectivity index (χ1n) is 3.90. The zero-order valence-corrected chi connectivity index (χ0v) is 8.60. The number of nitrogens with zero attached hydrogens (tertiary/aromatic N) is 1. The lowest BCUT2D eigenvalue weighted by Crippen LogP contribution is -1.87. The Balaban J connectivity index is 2.89. The highest BCUT2D eigenvalue weighted by molar-refractivity contribution is 9.10. The summed E-state index contributed by atoms with van der Waals surface area (Å²) in [6, 6.07) is 7.27. The fourth-order valence-corrected chi connectivity index (χ4v) is 1.55. The molecule has 1 nitrogen and oxygen atoms in total. The lowest BCUT2D eigenvalue weighted by Gasteiger charge is -2.01. The molecule has 0 aliphatic rings. The standard InChI is InChI=1S/C10H7BrFN/c1-6-2-3-7-4-5-8(11)9(12)10(7)13-6/h2-5H,1H3. The summed E-state index contributed by atoms with van der Waals surface area (Å²) in [4.78, 5) is 4.13. The average Bonchev–Trinajstić information content (AvgIpc) is 2.12. The zero-order chi connectivity index (χ0) is 9.42. The predicted molar refractivity (Wildman–Crippen MR) is 54.1 cm³/mol. The molecule has 0 N–H and O–H groups in total. The van der Waals surface area contributed by atoms with Gasteiger partial charge >= 0.3 is 0 Å². The van der Waals surface area contributed by atoms with Crippen molar-refractivity contribution in [3.8, 4) is 0 Å². The molecule has 0 bridgehead atoms. The number of hydrogen-bond donors (Lipinski definition) is 0. The van der Waals surface area contributed by atoms with Gasteiger partial charge in [-0.15, -0.1) is 0 Å². The Kier molecular flexibility index (Phi) is 2.04. The van der Waals surface area contributed by atoms with Crippen LogP contribution in [0, 0.1) is 12.7 Å². The van der Waals surface area contributed by atoms with Gasteiger partial charge in [-0.2, -0.15) is 0 Å². The molecule has 0 aliphatic heterocycles. The topological polar surface area (TPSA) is 12.9 Å². The minimum atomic E-state index is -0.291. The van der Waals surface area contributed by atoms with Gasteiger partial charge in [0.05, 0.1) is 4.47 Å². The van der Waals surface area contributed by atoms with Crippen LogP contribution in [0.2, 0.25) is 0 Å². The van der Waals surface area contributed by atoms with Crippen LogP contribution in [0.25, 0.3) is 10.9 Å². The normalized spacial score (nSPS) is 10.7. The quantitative estimate of drug-likeness (QED) is 0.687. The van der Waals surface area contributed by atoms with E-state index < -0.39 is 0 Å². The zero-order valence-electron chi connectivity index (χ0n) is 7.01. The summed E-state index contributed by atoms with van der Waals surface area (Å²) in [6.07, 6.45) is 0. The van der Waals surface area contributed by atoms with E-state index in [1.807, 2.05) is 25.1 Å². The van der Waals surface area contributed by atoms with Crippen LogP contribution in [0.15, 0.2) is 28.7 Å². The number of fused-ring (bicyclic) bond motifs is 1. The second-order valence-corrected chi connectivity index (χ2v) is 3.74. The van der Waals surface area contributed by atoms with Crippen molar-refractivity contribution in [2.24, 2.45) is 0 Å². The van der Waals surface area contributed by atoms with E-state index >= 15 is 0 Å². The molecule has 0 fully saturated rings. The third-order valence-corrected chi connectivity index (χ3v) is 2.50. The van der Waals surface area contributed by atoms with Crippen LogP contribution in [-0.2, 0) is 0 Å². The van der Waals surface area contributed by atoms with Gasteiger partial charge < -0.3 is 0 Å². The molecular weight excluding hydrogens is 233 g/mol. The lowest BCUT2D eigenvalue weighted by atomic mass is 10.2. The Bertz CT molecular complexity index is 462. The van der Waals surface area contributed by atoms with Crippen molar-refractivity contribution in [3.05, 3.63) is 40.2 Å². The first-order valence-corrected chi connectivity index (χ1v) is 4.69. The van der Waals surface area contributed by atoms with Crippen LogP contribution in [0.3, 0.4) is 0 Å². The summed E-state index contributed by atoms with van der Waals surface area (Å²) >= 11 is 3.13. The summed E-state index contributed by atoms with van der Waals surface area (Å²) in [7, 11) is 0. The second kappa shape index (κ2) is 3.07. The summed E-state index contributed by atoms with van der Waals surface area (Å²) in [6.45, 7) is 1.85. The molecule has 2 rings (SSSR count). The molecule has 0 amide bonds. The Hall–Kier alpha value is -0.960. The van der Waals surface area contributed by atoms with Crippen molar-refractivity contribution in [1.82, 2.24) is 4.98 Å². The van der Waals surface area contributed by atoms with Crippen LogP contribution in [0.4, 0.5) is 4.39 Å². The average molecular weight is 240 g/mol. The minimum Gasteiger partial charge on any atom is -0.250 e. The Morgan fingerprint density at radius 1 is 1.23 bits per heavy atom. The molecule has 0 atom stereocenters. The van der Waals surface area contributed by atoms with Gasteiger partial charge in [0.15, 0.2) is 5.82 Å². The highest BCUT2D eigenvalue weighted by atomic mass is 79.9. The van der Waals surface area contributed by atoms with E-state index in [0.717, 1.165) is 11.1 Å². The molecule has 1 aromatic carbocycles. The van der Waals surface area contributed by atoms with Gasteiger partial charge in [-0.05, 0) is 35.0 Å². The molecule has 1 heterocycles. The van der Waals surface area contributed by atoms with Gasteiger partial charge in [0.2, 0.25) is 0 Å². The van der Waals surface area contributed by atoms with E-state index in [0.29, 0.717) is 9.99 Å². The van der Waals surface area contributed by atoms with E-state index in [4.69, 9.17) is 0 Å². The largest absolute Gasteiger partial charge is 0.250 e. The van der Waals surface area contributed by atoms with Gasteiger partial charge in [0.25, 0.3) is 0 Å². The first-order chi connectivity index (χ1) is 6.18. The van der Waals surface area contributed by atoms with Crippen molar-refractivity contribution in [2.75, 3.05) is 0 Å². The van der Waals surface area contributed by atoms with E-state index in [-0.39, 0.29) is 5.82 Å². The van der Waals surface area contributed by atoms with E-state index in [9.17, 15) is 4.39 Å². The molecule has 3 heteroatoms. The smallest absolute Gasteiger partial charge is 0.163 e. The SMILES string of the molecule is Cc1ccc2ccc(Br)c(F)c2n1. The maximum atomic E-state index is 13.5. The number of aryl methyl sites for hydroxylation is 1. The van der Waals surface area contributed by atoms with E-state index in [2.05, 4.69) is 20.9 Å². The first kappa shape index (κ1) is 8.63. The van der Waals surface area contributed by atoms with Crippen molar-refractivity contribution < 1.29 is 4.39 Å². The molecule has 0 saturated carbocycles. The summed E-state index contributed by atoms with van der Waals surface area (Å²) < 4.78 is 13.9. The summed E-state index contributed by atoms with van der Waals surface area (Å²) in [5.41, 5.74) is 1.25. The van der Waals surface area contributed by atoms with Crippen LogP contribution >= 0.6 is 15.9 Å². The minimum absolute atomic E-state index is 0.291. The number of pyridine rings is 1. The second-order valence-electron chi connectivity index (χ2n) is 2.89. The third-order valence-electron chi connectivity index (χ3n) is 1.89. The Morgan fingerprint density at radius 3 is 2.69 bits per heavy atom. The number of benzene rings is 1. The molecule has 66 valence electrons. The Morgan fingerprint density at radius 2 is 1.92 bits per heavy atom. The van der Waals surface area contributed by atoms with Crippen molar-refractivity contribution in [2.45, 2.75) is 6.92 Å². The van der Waals surface area contributed by atoms with E-state index in [1.54, 1.807) is 6.07 Å². The van der Waals surface area contributed by atoms with Gasteiger partial charge in [-0.25, -0.2) is 4.39 Å². The molecule has 0 radical (unpaired) electrons. The Labute approximate surface area is 83.7 Å². The number of aromatic nitrogens is 1. The van der Waals surface area contributed by atoms with Gasteiger partial charge in [-0.1, -0.05) is 12.1 Å². The molecule has 1 aromatic heterocycles. The predicted octanol–water partition coefficient (Wildman–Crippen LogP) is 3.44. The highest BCUT2D eigenvalue weighted by Gasteiger charge is 2.05. The maximum absolute atomic E-state index is 13.5. The fourth-order valence-electron chi connectivity index (χ4n) is 1.23. The van der Waals surface area contributed by atoms with Gasteiger partial charge in [0.1, 0.15) is 5.52 Å². The number of hydrogen-bond acceptors (Lipinski definition) is 1. The fraction of sp³-hybridized carbons (Fsp3) is 0.100. The number of halogens is 2. The van der Waals surface area contributed by atoms with E-state index in [1.165, 1.54) is 0 Å². The molecule has 2 aromatic rings. The lowest BCUT2D eigenvalue weighted by molar-refractivity contribution is 0.630. The molecule has 0 unspecified atom stereocenters. The molecule has 0 saturated heterocycles. The van der Waals surface area contributed by atoms with Crippen molar-refractivity contribution in [1.29, 1.82) is 0 Å². The van der Waals surface area contributed by atoms with Crippen molar-refractivity contribution in [3.63, 3.8) is 0 Å². The van der Waals surface area contributed by atoms with Crippen LogP contribution in [0.1, 0.15) is 5.69 Å². The monoisotopic (exact) mass is 239 g/mol. The van der Waals surface area contributed by atoms with Crippen LogP contribution in [-0.4, -0.2) is 4.98 Å². The van der Waals surface area contributed by atoms with Crippen molar-refractivity contribution >= 4 is 26.8 Å². The molecular formula is C10H7BrFN. The van der Waals surface area contributed by atoms with Gasteiger partial charge in [-0.3, -0.25) is 4.98 Å². The molecule has 13 heavy (non-hydrogen) atoms. The maximum Gasteiger partial charge on any atom is 0.163 e. The summed E-state index contributed by atoms with van der Waals surface area (Å²) in [5.74, 6) is -0.291. The van der Waals surface area contributed by atoms with Gasteiger partial charge in [0, 0.05) is 11.1 Å².